The van der Waals surface area contributed by atoms with E-state index in [0.717, 1.165) is 29.5 Å². The van der Waals surface area contributed by atoms with Gasteiger partial charge in [0.1, 0.15) is 5.82 Å². The molecule has 3 rings (SSSR count). The third kappa shape index (κ3) is 1.83. The highest BCUT2D eigenvalue weighted by Gasteiger charge is 2.26. The van der Waals surface area contributed by atoms with Crippen LogP contribution in [0.3, 0.4) is 0 Å². The Kier molecular flexibility index (Phi) is 3.21. The fourth-order valence-corrected chi connectivity index (χ4v) is 2.73. The molecule has 5 heteroatoms. The molecule has 0 N–H and O–H groups in total. The van der Waals surface area contributed by atoms with E-state index < -0.39 is 0 Å². The van der Waals surface area contributed by atoms with Crippen LogP contribution < -0.4 is 12.4 Å². The molecule has 2 nitrogen and oxygen atoms in total. The molecular formula is C11H9ClFN2S-. The number of aliphatic imine (C=N–C) groups is 1. The zero-order valence-electron chi connectivity index (χ0n) is 8.36. The van der Waals surface area contributed by atoms with Crippen molar-refractivity contribution in [2.24, 2.45) is 4.99 Å². The Bertz CT molecular complexity index is 456. The van der Waals surface area contributed by atoms with Gasteiger partial charge in [-0.25, -0.2) is 4.39 Å². The molecule has 0 unspecified atom stereocenters. The Hall–Kier alpha value is -1.00. The Morgan fingerprint density at radius 3 is 2.75 bits per heavy atom. The molecule has 0 aliphatic carbocycles. The van der Waals surface area contributed by atoms with E-state index in [1.807, 2.05) is 12.1 Å². The maximum absolute atomic E-state index is 12.8. The molecule has 1 aromatic rings. The van der Waals surface area contributed by atoms with Crippen molar-refractivity contribution in [3.05, 3.63) is 41.1 Å². The first-order chi connectivity index (χ1) is 7.34. The number of thioether (sulfide) groups is 1. The van der Waals surface area contributed by atoms with Crippen LogP contribution in [0.1, 0.15) is 5.56 Å². The van der Waals surface area contributed by atoms with E-state index in [9.17, 15) is 4.39 Å². The molecule has 1 aromatic carbocycles. The maximum atomic E-state index is 12.8. The average Bonchev–Trinajstić information content (AvgIpc) is 2.80. The second-order valence-corrected chi connectivity index (χ2v) is 4.28. The van der Waals surface area contributed by atoms with Gasteiger partial charge in [-0.05, 0) is 29.8 Å². The van der Waals surface area contributed by atoms with Crippen LogP contribution in [0.5, 0.6) is 0 Å². The summed E-state index contributed by atoms with van der Waals surface area (Å²) in [6.07, 6.45) is 0. The molecule has 0 bridgehead atoms. The molecule has 0 saturated heterocycles. The van der Waals surface area contributed by atoms with E-state index in [2.05, 4.69) is 15.3 Å². The molecule has 0 amide bonds. The van der Waals surface area contributed by atoms with Gasteiger partial charge in [0.25, 0.3) is 0 Å². The third-order valence-electron chi connectivity index (χ3n) is 2.51. The van der Waals surface area contributed by atoms with Crippen molar-refractivity contribution < 1.29 is 16.8 Å². The fourth-order valence-electron chi connectivity index (χ4n) is 1.77. The van der Waals surface area contributed by atoms with Gasteiger partial charge in [-0.3, -0.25) is 4.99 Å². The summed E-state index contributed by atoms with van der Waals surface area (Å²) in [6, 6.07) is 6.60. The molecule has 0 saturated carbocycles. The SMILES string of the molecule is Fc1ccc(C2=CSC3=NCCN23)cc1.[Cl-]. The number of fused-ring (bicyclic) bond motifs is 1. The average molecular weight is 256 g/mol. The lowest BCUT2D eigenvalue weighted by atomic mass is 10.1. The van der Waals surface area contributed by atoms with Crippen LogP contribution in [0.25, 0.3) is 5.70 Å². The number of nitrogens with zero attached hydrogens (tertiary/aromatic N) is 2. The number of hydrogen-bond acceptors (Lipinski definition) is 3. The van der Waals surface area contributed by atoms with Crippen molar-refractivity contribution >= 4 is 22.6 Å². The Morgan fingerprint density at radius 1 is 1.25 bits per heavy atom. The summed E-state index contributed by atoms with van der Waals surface area (Å²) >= 11 is 1.64. The summed E-state index contributed by atoms with van der Waals surface area (Å²) in [4.78, 5) is 6.55. The van der Waals surface area contributed by atoms with Gasteiger partial charge in [0, 0.05) is 12.0 Å². The van der Waals surface area contributed by atoms with Crippen LogP contribution in [0.15, 0.2) is 34.7 Å². The summed E-state index contributed by atoms with van der Waals surface area (Å²) in [7, 11) is 0. The van der Waals surface area contributed by atoms with E-state index in [1.165, 1.54) is 12.1 Å². The Labute approximate surface area is 104 Å². The van der Waals surface area contributed by atoms with Crippen molar-refractivity contribution in [3.8, 4) is 0 Å². The molecule has 2 heterocycles. The van der Waals surface area contributed by atoms with Crippen molar-refractivity contribution in [1.82, 2.24) is 4.90 Å². The molecular weight excluding hydrogens is 247 g/mol. The quantitative estimate of drug-likeness (QED) is 0.675. The van der Waals surface area contributed by atoms with E-state index in [0.29, 0.717) is 0 Å². The van der Waals surface area contributed by atoms with Gasteiger partial charge in [-0.15, -0.1) is 0 Å². The molecule has 0 fully saturated rings. The highest BCUT2D eigenvalue weighted by molar-refractivity contribution is 8.16. The Balaban J connectivity index is 0.000000963. The minimum Gasteiger partial charge on any atom is -1.00 e. The van der Waals surface area contributed by atoms with Gasteiger partial charge >= 0.3 is 0 Å². The minimum absolute atomic E-state index is 0. The minimum atomic E-state index is -0.194. The van der Waals surface area contributed by atoms with Crippen molar-refractivity contribution in [2.75, 3.05) is 13.1 Å². The monoisotopic (exact) mass is 255 g/mol. The summed E-state index contributed by atoms with van der Waals surface area (Å²) < 4.78 is 12.8. The standard InChI is InChI=1S/C11H9FN2S.ClH/c12-9-3-1-8(2-4-9)10-7-15-11-13-5-6-14(10)11;/h1-4,7H,5-6H2;1H/p-1. The predicted octanol–water partition coefficient (Wildman–Crippen LogP) is -0.454. The summed E-state index contributed by atoms with van der Waals surface area (Å²) in [5.41, 5.74) is 2.19. The Morgan fingerprint density at radius 2 is 2.00 bits per heavy atom. The van der Waals surface area contributed by atoms with E-state index in [-0.39, 0.29) is 18.2 Å². The topological polar surface area (TPSA) is 15.6 Å². The van der Waals surface area contributed by atoms with Gasteiger partial charge in [0.15, 0.2) is 5.17 Å². The number of benzene rings is 1. The molecule has 0 spiro atoms. The van der Waals surface area contributed by atoms with Gasteiger partial charge in [0.05, 0.1) is 12.2 Å². The molecule has 0 atom stereocenters. The number of halogens is 2. The van der Waals surface area contributed by atoms with Crippen LogP contribution in [-0.2, 0) is 0 Å². The zero-order valence-corrected chi connectivity index (χ0v) is 9.93. The molecule has 16 heavy (non-hydrogen) atoms. The van der Waals surface area contributed by atoms with Gasteiger partial charge in [0.2, 0.25) is 0 Å². The lowest BCUT2D eigenvalue weighted by molar-refractivity contribution is -0.00000352. The lowest BCUT2D eigenvalue weighted by Gasteiger charge is -2.16. The first-order valence-corrected chi connectivity index (χ1v) is 5.67. The van der Waals surface area contributed by atoms with Gasteiger partial charge in [-0.2, -0.15) is 0 Å². The first kappa shape index (κ1) is 11.5. The van der Waals surface area contributed by atoms with Crippen LogP contribution >= 0.6 is 11.8 Å². The van der Waals surface area contributed by atoms with Crippen molar-refractivity contribution in [2.45, 2.75) is 0 Å². The van der Waals surface area contributed by atoms with Crippen LogP contribution in [0.4, 0.5) is 4.39 Å². The highest BCUT2D eigenvalue weighted by atomic mass is 35.5. The third-order valence-corrected chi connectivity index (χ3v) is 3.41. The van der Waals surface area contributed by atoms with Crippen LogP contribution in [-0.4, -0.2) is 23.2 Å². The maximum Gasteiger partial charge on any atom is 0.168 e. The van der Waals surface area contributed by atoms with Crippen LogP contribution in [0.2, 0.25) is 0 Å². The summed E-state index contributed by atoms with van der Waals surface area (Å²) in [5.74, 6) is -0.194. The molecule has 0 aromatic heterocycles. The largest absolute Gasteiger partial charge is 1.00 e. The number of amidine groups is 1. The molecule has 84 valence electrons. The molecule has 2 aliphatic heterocycles. The summed E-state index contributed by atoms with van der Waals surface area (Å²) in [6.45, 7) is 1.80. The van der Waals surface area contributed by atoms with E-state index >= 15 is 0 Å². The van der Waals surface area contributed by atoms with Gasteiger partial charge < -0.3 is 17.3 Å². The molecule has 0 radical (unpaired) electrons. The predicted molar refractivity (Wildman–Crippen MR) is 61.0 cm³/mol. The van der Waals surface area contributed by atoms with Gasteiger partial charge in [-0.1, -0.05) is 11.8 Å². The second-order valence-electron chi connectivity index (χ2n) is 3.44. The normalized spacial score (nSPS) is 17.7. The van der Waals surface area contributed by atoms with E-state index in [1.54, 1.807) is 11.8 Å². The molecule has 2 aliphatic rings. The smallest absolute Gasteiger partial charge is 0.168 e. The fraction of sp³-hybridized carbons (Fsp3) is 0.182. The van der Waals surface area contributed by atoms with Crippen LogP contribution in [0, 0.1) is 5.82 Å². The zero-order chi connectivity index (χ0) is 10.3. The summed E-state index contributed by atoms with van der Waals surface area (Å²) in [5, 5.41) is 3.14. The lowest BCUT2D eigenvalue weighted by Crippen LogP contribution is -3.00. The van der Waals surface area contributed by atoms with Crippen molar-refractivity contribution in [3.63, 3.8) is 0 Å². The number of hydrogen-bond donors (Lipinski definition) is 0. The number of rotatable bonds is 1. The first-order valence-electron chi connectivity index (χ1n) is 4.79. The van der Waals surface area contributed by atoms with E-state index in [4.69, 9.17) is 0 Å². The highest BCUT2D eigenvalue weighted by Crippen LogP contribution is 2.34. The second kappa shape index (κ2) is 4.47. The van der Waals surface area contributed by atoms with Crippen molar-refractivity contribution in [1.29, 1.82) is 0 Å².